The van der Waals surface area contributed by atoms with Gasteiger partial charge in [-0.25, -0.2) is 0 Å². The Morgan fingerprint density at radius 2 is 2.08 bits per heavy atom. The van der Waals surface area contributed by atoms with Crippen LogP contribution in [-0.2, 0) is 12.8 Å². The predicted molar refractivity (Wildman–Crippen MR) is 49.5 cm³/mol. The van der Waals surface area contributed by atoms with Crippen LogP contribution in [0.3, 0.4) is 0 Å². The molecule has 1 aliphatic rings. The second kappa shape index (κ2) is 3.01. The summed E-state index contributed by atoms with van der Waals surface area (Å²) in [6, 6.07) is 5.19. The molecule has 0 spiro atoms. The van der Waals surface area contributed by atoms with Crippen LogP contribution in [0.25, 0.3) is 0 Å². The molecule has 1 aliphatic carbocycles. The van der Waals surface area contributed by atoms with E-state index in [1.54, 1.807) is 12.1 Å². The average Bonchev–Trinajstić information content (AvgIpc) is 2.09. The summed E-state index contributed by atoms with van der Waals surface area (Å²) in [5.41, 5.74) is 7.61. The van der Waals surface area contributed by atoms with Crippen LogP contribution >= 0.6 is 0 Å². The number of phenolic OH excluding ortho intramolecular Hbond substituents is 1. The summed E-state index contributed by atoms with van der Waals surface area (Å²) in [6.07, 6.45) is 0.578. The van der Waals surface area contributed by atoms with Gasteiger partial charge in [0, 0.05) is 12.5 Å². The highest BCUT2D eigenvalue weighted by atomic mass is 16.3. The number of rotatable bonds is 0. The number of phenols is 1. The first-order chi connectivity index (χ1) is 6.18. The van der Waals surface area contributed by atoms with Gasteiger partial charge in [0.05, 0.1) is 6.10 Å². The summed E-state index contributed by atoms with van der Waals surface area (Å²) >= 11 is 0. The fraction of sp³-hybridized carbons (Fsp3) is 0.400. The number of aromatic hydroxyl groups is 1. The summed E-state index contributed by atoms with van der Waals surface area (Å²) in [5.74, 6) is 0.267. The van der Waals surface area contributed by atoms with Gasteiger partial charge in [0.1, 0.15) is 5.75 Å². The van der Waals surface area contributed by atoms with E-state index in [4.69, 9.17) is 5.73 Å². The summed E-state index contributed by atoms with van der Waals surface area (Å²) in [6.45, 7) is 0. The standard InChI is InChI=1S/C10H13NO2/c11-8-4-6-2-1-3-9(12)7(6)5-10(8)13/h1-3,8,10,12-13H,4-5,11H2/t8-,10-/m0/s1. The first kappa shape index (κ1) is 8.53. The van der Waals surface area contributed by atoms with E-state index in [9.17, 15) is 10.2 Å². The molecule has 0 aliphatic heterocycles. The molecule has 0 heterocycles. The normalized spacial score (nSPS) is 26.9. The van der Waals surface area contributed by atoms with E-state index >= 15 is 0 Å². The van der Waals surface area contributed by atoms with Gasteiger partial charge in [0.15, 0.2) is 0 Å². The lowest BCUT2D eigenvalue weighted by Crippen LogP contribution is -2.41. The Hall–Kier alpha value is -1.06. The molecule has 1 aromatic carbocycles. The van der Waals surface area contributed by atoms with E-state index in [2.05, 4.69) is 0 Å². The molecule has 0 saturated carbocycles. The maximum Gasteiger partial charge on any atom is 0.119 e. The minimum absolute atomic E-state index is 0.200. The Morgan fingerprint density at radius 3 is 2.85 bits per heavy atom. The van der Waals surface area contributed by atoms with Crippen molar-refractivity contribution in [1.29, 1.82) is 0 Å². The van der Waals surface area contributed by atoms with Crippen LogP contribution in [0.1, 0.15) is 11.1 Å². The fourth-order valence-corrected chi connectivity index (χ4v) is 1.80. The van der Waals surface area contributed by atoms with Crippen LogP contribution in [0.2, 0.25) is 0 Å². The smallest absolute Gasteiger partial charge is 0.119 e. The van der Waals surface area contributed by atoms with Gasteiger partial charge in [-0.2, -0.15) is 0 Å². The highest BCUT2D eigenvalue weighted by Gasteiger charge is 2.25. The van der Waals surface area contributed by atoms with Gasteiger partial charge >= 0.3 is 0 Å². The molecule has 3 nitrogen and oxygen atoms in total. The van der Waals surface area contributed by atoms with Gasteiger partial charge in [-0.05, 0) is 23.6 Å². The summed E-state index contributed by atoms with van der Waals surface area (Å²) in [7, 11) is 0. The van der Waals surface area contributed by atoms with Gasteiger partial charge in [0.25, 0.3) is 0 Å². The zero-order valence-electron chi connectivity index (χ0n) is 7.27. The molecule has 13 heavy (non-hydrogen) atoms. The number of aliphatic hydroxyl groups excluding tert-OH is 1. The molecule has 0 fully saturated rings. The van der Waals surface area contributed by atoms with E-state index in [-0.39, 0.29) is 11.8 Å². The predicted octanol–water partition coefficient (Wildman–Crippen LogP) is 0.179. The zero-order valence-corrected chi connectivity index (χ0v) is 7.27. The number of aliphatic hydroxyl groups is 1. The first-order valence-electron chi connectivity index (χ1n) is 4.42. The van der Waals surface area contributed by atoms with Crippen molar-refractivity contribution in [3.8, 4) is 5.75 Å². The largest absolute Gasteiger partial charge is 0.508 e. The van der Waals surface area contributed by atoms with Crippen LogP contribution in [0.15, 0.2) is 18.2 Å². The highest BCUT2D eigenvalue weighted by Crippen LogP contribution is 2.28. The Bertz CT molecular complexity index is 325. The maximum absolute atomic E-state index is 9.51. The van der Waals surface area contributed by atoms with Crippen LogP contribution in [-0.4, -0.2) is 22.4 Å². The van der Waals surface area contributed by atoms with Crippen molar-refractivity contribution in [3.05, 3.63) is 29.3 Å². The molecule has 2 atom stereocenters. The molecular weight excluding hydrogens is 166 g/mol. The molecule has 0 aromatic heterocycles. The van der Waals surface area contributed by atoms with Crippen LogP contribution < -0.4 is 5.73 Å². The molecule has 0 unspecified atom stereocenters. The number of fused-ring (bicyclic) bond motifs is 1. The van der Waals surface area contributed by atoms with Gasteiger partial charge in [-0.3, -0.25) is 0 Å². The average molecular weight is 179 g/mol. The van der Waals surface area contributed by atoms with Gasteiger partial charge in [-0.1, -0.05) is 12.1 Å². The Kier molecular flexibility index (Phi) is 1.98. The first-order valence-corrected chi connectivity index (χ1v) is 4.42. The molecule has 2 rings (SSSR count). The third kappa shape index (κ3) is 1.41. The van der Waals surface area contributed by atoms with Crippen molar-refractivity contribution in [2.24, 2.45) is 5.73 Å². The quantitative estimate of drug-likeness (QED) is 0.532. The molecule has 0 bridgehead atoms. The van der Waals surface area contributed by atoms with E-state index in [1.165, 1.54) is 0 Å². The number of hydrogen-bond donors (Lipinski definition) is 3. The molecular formula is C10H13NO2. The topological polar surface area (TPSA) is 66.5 Å². The Labute approximate surface area is 76.8 Å². The number of hydrogen-bond acceptors (Lipinski definition) is 3. The zero-order chi connectivity index (χ0) is 9.42. The Morgan fingerprint density at radius 1 is 1.31 bits per heavy atom. The molecule has 0 radical (unpaired) electrons. The van der Waals surface area contributed by atoms with Crippen molar-refractivity contribution in [2.45, 2.75) is 25.0 Å². The molecule has 70 valence electrons. The van der Waals surface area contributed by atoms with Crippen molar-refractivity contribution < 1.29 is 10.2 Å². The van der Waals surface area contributed by atoms with Gasteiger partial charge in [0.2, 0.25) is 0 Å². The van der Waals surface area contributed by atoms with Gasteiger partial charge < -0.3 is 15.9 Å². The van der Waals surface area contributed by atoms with E-state index in [0.717, 1.165) is 11.1 Å². The number of benzene rings is 1. The summed E-state index contributed by atoms with van der Waals surface area (Å²) in [5, 5.41) is 19.0. The van der Waals surface area contributed by atoms with E-state index in [1.807, 2.05) is 6.07 Å². The Balaban J connectivity index is 2.42. The summed E-state index contributed by atoms with van der Waals surface area (Å²) < 4.78 is 0. The van der Waals surface area contributed by atoms with Crippen molar-refractivity contribution in [3.63, 3.8) is 0 Å². The fourth-order valence-electron chi connectivity index (χ4n) is 1.80. The second-order valence-corrected chi connectivity index (χ2v) is 3.55. The van der Waals surface area contributed by atoms with Crippen LogP contribution in [0.5, 0.6) is 5.75 Å². The van der Waals surface area contributed by atoms with Crippen LogP contribution in [0.4, 0.5) is 0 Å². The minimum Gasteiger partial charge on any atom is -0.508 e. The van der Waals surface area contributed by atoms with E-state index < -0.39 is 6.10 Å². The maximum atomic E-state index is 9.51. The number of nitrogens with two attached hydrogens (primary N) is 1. The monoisotopic (exact) mass is 179 g/mol. The second-order valence-electron chi connectivity index (χ2n) is 3.55. The molecule has 1 aromatic rings. The lowest BCUT2D eigenvalue weighted by molar-refractivity contribution is 0.136. The third-order valence-electron chi connectivity index (χ3n) is 2.61. The van der Waals surface area contributed by atoms with Gasteiger partial charge in [-0.15, -0.1) is 0 Å². The molecule has 4 N–H and O–H groups in total. The SMILES string of the molecule is N[C@H]1Cc2cccc(O)c2C[C@@H]1O. The third-order valence-corrected chi connectivity index (χ3v) is 2.61. The van der Waals surface area contributed by atoms with Crippen molar-refractivity contribution in [2.75, 3.05) is 0 Å². The lowest BCUT2D eigenvalue weighted by atomic mass is 9.86. The van der Waals surface area contributed by atoms with Crippen molar-refractivity contribution in [1.82, 2.24) is 0 Å². The minimum atomic E-state index is -0.527. The van der Waals surface area contributed by atoms with E-state index in [0.29, 0.717) is 12.8 Å². The summed E-state index contributed by atoms with van der Waals surface area (Å²) in [4.78, 5) is 0. The highest BCUT2D eigenvalue weighted by molar-refractivity contribution is 5.42. The molecule has 3 heteroatoms. The molecule has 0 amide bonds. The molecule has 0 saturated heterocycles. The van der Waals surface area contributed by atoms with Crippen LogP contribution in [0, 0.1) is 0 Å². The van der Waals surface area contributed by atoms with Crippen molar-refractivity contribution >= 4 is 0 Å². The lowest BCUT2D eigenvalue weighted by Gasteiger charge is -2.27.